The Kier molecular flexibility index (Phi) is 13.5. The molecule has 2 aromatic carbocycles. The number of hydrogen-bond acceptors (Lipinski definition) is 10. The van der Waals surface area contributed by atoms with E-state index >= 15 is 0 Å². The van der Waals surface area contributed by atoms with Gasteiger partial charge in [-0.05, 0) is 72.3 Å². The van der Waals surface area contributed by atoms with Crippen molar-refractivity contribution < 1.29 is 14.4 Å². The van der Waals surface area contributed by atoms with E-state index in [1.807, 2.05) is 31.2 Å². The van der Waals surface area contributed by atoms with Crippen molar-refractivity contribution in [3.05, 3.63) is 70.9 Å². The maximum atomic E-state index is 13.8. The fourth-order valence-corrected chi connectivity index (χ4v) is 7.72. The number of aromatic nitrogens is 1. The van der Waals surface area contributed by atoms with Gasteiger partial charge in [0.2, 0.25) is 17.7 Å². The zero-order chi connectivity index (χ0) is 35.6. The number of piperazine rings is 1. The van der Waals surface area contributed by atoms with Gasteiger partial charge in [0.15, 0.2) is 0 Å². The Balaban J connectivity index is 1.58. The van der Waals surface area contributed by atoms with E-state index in [1.165, 1.54) is 16.7 Å². The number of nitrogens with two attached hydrogens (primary N) is 2. The van der Waals surface area contributed by atoms with Gasteiger partial charge in [0, 0.05) is 69.6 Å². The number of rotatable bonds is 7. The topological polar surface area (TPSA) is 171 Å². The molecule has 2 aliphatic rings. The molecule has 0 bridgehead atoms. The number of carbonyl (C=O) groups is 3. The second kappa shape index (κ2) is 18.0. The minimum atomic E-state index is -1.01. The first kappa shape index (κ1) is 37.5. The lowest BCUT2D eigenvalue weighted by molar-refractivity contribution is -0.142. The zero-order valence-corrected chi connectivity index (χ0v) is 30.3. The summed E-state index contributed by atoms with van der Waals surface area (Å²) in [5, 5.41) is 13.9. The van der Waals surface area contributed by atoms with Crippen molar-refractivity contribution in [2.45, 2.75) is 67.3 Å². The third kappa shape index (κ3) is 8.95. The molecule has 3 amide bonds. The first-order chi connectivity index (χ1) is 24.2. The van der Waals surface area contributed by atoms with E-state index in [0.29, 0.717) is 42.4 Å². The quantitative estimate of drug-likeness (QED) is 0.213. The highest BCUT2D eigenvalue weighted by Gasteiger charge is 2.32. The van der Waals surface area contributed by atoms with Crippen LogP contribution in [0.3, 0.4) is 0 Å². The van der Waals surface area contributed by atoms with E-state index in [4.69, 9.17) is 28.1 Å². The molecule has 1 fully saturated rings. The molecule has 1 aromatic heterocycles. The van der Waals surface area contributed by atoms with E-state index in [0.717, 1.165) is 59.0 Å². The normalized spacial score (nSPS) is 21.1. The lowest BCUT2D eigenvalue weighted by Gasteiger charge is -2.31. The Bertz CT molecular complexity index is 1640. The number of carbonyl (C=O) groups excluding carboxylic acids is 3. The number of fused-ring (bicyclic) bond motifs is 2. The van der Waals surface area contributed by atoms with Crippen LogP contribution in [0.1, 0.15) is 37.3 Å². The first-order valence-electron chi connectivity index (χ1n) is 17.2. The van der Waals surface area contributed by atoms with Gasteiger partial charge in [0.1, 0.15) is 17.1 Å². The molecular formula is C36H48ClN9O3S. The Morgan fingerprint density at radius 2 is 1.74 bits per heavy atom. The minimum Gasteiger partial charge on any atom is -0.369 e. The summed E-state index contributed by atoms with van der Waals surface area (Å²) < 4.78 is 0. The van der Waals surface area contributed by atoms with E-state index in [1.54, 1.807) is 13.2 Å². The van der Waals surface area contributed by atoms with Gasteiger partial charge in [-0.25, -0.2) is 4.98 Å². The molecule has 0 spiro atoms. The van der Waals surface area contributed by atoms with Gasteiger partial charge in [0.25, 0.3) is 0 Å². The smallest absolute Gasteiger partial charge is 0.246 e. The maximum absolute atomic E-state index is 13.8. The van der Waals surface area contributed by atoms with Crippen LogP contribution in [0.15, 0.2) is 64.6 Å². The third-order valence-electron chi connectivity index (χ3n) is 9.27. The number of benzene rings is 2. The highest BCUT2D eigenvalue weighted by molar-refractivity contribution is 7.99. The summed E-state index contributed by atoms with van der Waals surface area (Å²) in [6.45, 7) is 6.40. The predicted molar refractivity (Wildman–Crippen MR) is 199 cm³/mol. The van der Waals surface area contributed by atoms with Gasteiger partial charge in [-0.2, -0.15) is 0 Å². The van der Waals surface area contributed by atoms with E-state index in [9.17, 15) is 14.4 Å². The maximum Gasteiger partial charge on any atom is 0.246 e. The Labute approximate surface area is 303 Å². The molecule has 3 aromatic rings. The van der Waals surface area contributed by atoms with Crippen LogP contribution in [-0.2, 0) is 27.5 Å². The second-order valence-electron chi connectivity index (χ2n) is 12.5. The van der Waals surface area contributed by atoms with Gasteiger partial charge in [0.05, 0.1) is 11.1 Å². The molecule has 12 nitrogen and oxygen atoms in total. The minimum absolute atomic E-state index is 0.122. The van der Waals surface area contributed by atoms with Gasteiger partial charge in [-0.1, -0.05) is 54.6 Å². The van der Waals surface area contributed by atoms with Crippen LogP contribution in [0.25, 0.3) is 11.1 Å². The van der Waals surface area contributed by atoms with Crippen LogP contribution in [0, 0.1) is 0 Å². The Hall–Kier alpha value is -3.72. The number of halogens is 1. The fraction of sp³-hybridized carbons (Fsp3) is 0.444. The summed E-state index contributed by atoms with van der Waals surface area (Å²) in [6.07, 6.45) is 3.13. The third-order valence-corrected chi connectivity index (χ3v) is 10.9. The standard InChI is InChI=1S/C36H48ClN9O3S/c1-3-31-34(48)43-22-27-26(23-8-10-25(11-9-23)46-18-16-40-17-19-46)12-13-28(37)32(27)50-35-24(6-5-15-41-35)21-42-29(7-4-14-38)33(47)44-30(20-39)36(49)45(31)2/h5-6,8-13,15,29-31,40,42H,3-4,7,14,16-22,38-39H2,1-2H3,(H,43,48)(H,44,47)/t29-,30-,31-/m0/s1. The van der Waals surface area contributed by atoms with Crippen LogP contribution < -0.4 is 37.6 Å². The lowest BCUT2D eigenvalue weighted by Crippen LogP contribution is -2.58. The van der Waals surface area contributed by atoms with Crippen molar-refractivity contribution in [1.29, 1.82) is 0 Å². The largest absolute Gasteiger partial charge is 0.369 e. The number of anilines is 1. The number of amides is 3. The molecule has 5 rings (SSSR count). The number of nitrogens with one attached hydrogen (secondary N) is 4. The molecule has 8 N–H and O–H groups in total. The molecule has 3 heterocycles. The van der Waals surface area contributed by atoms with Crippen molar-refractivity contribution in [3.8, 4) is 11.1 Å². The van der Waals surface area contributed by atoms with Crippen molar-refractivity contribution in [2.24, 2.45) is 11.5 Å². The van der Waals surface area contributed by atoms with Crippen molar-refractivity contribution in [1.82, 2.24) is 31.2 Å². The summed E-state index contributed by atoms with van der Waals surface area (Å²) in [4.78, 5) is 50.3. The molecule has 2 aliphatic heterocycles. The summed E-state index contributed by atoms with van der Waals surface area (Å²) in [6, 6.07) is 13.7. The lowest BCUT2D eigenvalue weighted by atomic mass is 9.98. The Morgan fingerprint density at radius 1 is 0.980 bits per heavy atom. The van der Waals surface area contributed by atoms with Crippen LogP contribution in [0.5, 0.6) is 0 Å². The number of likely N-dealkylation sites (N-methyl/N-ethyl adjacent to an activating group) is 1. The van der Waals surface area contributed by atoms with Crippen LogP contribution in [0.4, 0.5) is 5.69 Å². The molecule has 3 atom stereocenters. The second-order valence-corrected chi connectivity index (χ2v) is 13.9. The average Bonchev–Trinajstić information content (AvgIpc) is 3.14. The van der Waals surface area contributed by atoms with Gasteiger partial charge in [-0.15, -0.1) is 0 Å². The number of nitrogens with zero attached hydrogens (tertiary/aromatic N) is 3. The molecule has 0 unspecified atom stereocenters. The molecule has 14 heteroatoms. The van der Waals surface area contributed by atoms with Gasteiger partial charge in [-0.3, -0.25) is 14.4 Å². The van der Waals surface area contributed by atoms with E-state index in [2.05, 4.69) is 50.4 Å². The SMILES string of the molecule is CC[C@H]1C(=O)NCc2c(-c3ccc(N4CCNCC4)cc3)ccc(Cl)c2Sc2ncccc2CN[C@@H](CCCN)C(=O)N[C@@H](CN)C(=O)N1C. The van der Waals surface area contributed by atoms with E-state index < -0.39 is 24.0 Å². The Morgan fingerprint density at radius 3 is 2.44 bits per heavy atom. The molecular weight excluding hydrogens is 674 g/mol. The first-order valence-corrected chi connectivity index (χ1v) is 18.4. The predicted octanol–water partition coefficient (Wildman–Crippen LogP) is 2.47. The molecule has 0 saturated carbocycles. The summed E-state index contributed by atoms with van der Waals surface area (Å²) in [7, 11) is 1.57. The number of pyridine rings is 1. The average molecular weight is 722 g/mol. The van der Waals surface area contributed by atoms with Crippen LogP contribution >= 0.6 is 23.4 Å². The van der Waals surface area contributed by atoms with Crippen LogP contribution in [-0.4, -0.2) is 92.0 Å². The highest BCUT2D eigenvalue weighted by Crippen LogP contribution is 2.41. The van der Waals surface area contributed by atoms with Gasteiger partial charge >= 0.3 is 0 Å². The van der Waals surface area contributed by atoms with E-state index in [-0.39, 0.29) is 24.9 Å². The van der Waals surface area contributed by atoms with Crippen molar-refractivity contribution in [2.75, 3.05) is 51.2 Å². The highest BCUT2D eigenvalue weighted by atomic mass is 35.5. The summed E-state index contributed by atoms with van der Waals surface area (Å²) in [5.41, 5.74) is 16.6. The molecule has 0 radical (unpaired) electrons. The summed E-state index contributed by atoms with van der Waals surface area (Å²) >= 11 is 8.39. The van der Waals surface area contributed by atoms with Crippen LogP contribution in [0.2, 0.25) is 5.02 Å². The van der Waals surface area contributed by atoms with Crippen molar-refractivity contribution >= 4 is 46.8 Å². The fourth-order valence-electron chi connectivity index (χ4n) is 6.38. The molecule has 50 heavy (non-hydrogen) atoms. The molecule has 268 valence electrons. The van der Waals surface area contributed by atoms with Crippen molar-refractivity contribution in [3.63, 3.8) is 0 Å². The molecule has 1 saturated heterocycles. The summed E-state index contributed by atoms with van der Waals surface area (Å²) in [5.74, 6) is -1.13. The monoisotopic (exact) mass is 721 g/mol. The zero-order valence-electron chi connectivity index (χ0n) is 28.7. The van der Waals surface area contributed by atoms with Gasteiger partial charge < -0.3 is 42.5 Å². The molecule has 0 aliphatic carbocycles. The number of hydrogen-bond donors (Lipinski definition) is 6.